The number of hydrogen-bond donors (Lipinski definition) is 1. The summed E-state index contributed by atoms with van der Waals surface area (Å²) in [6.07, 6.45) is 2.74. The Morgan fingerprint density at radius 3 is 3.20 bits per heavy atom. The Hall–Kier alpha value is -0.750. The van der Waals surface area contributed by atoms with Crippen molar-refractivity contribution in [1.82, 2.24) is 15.2 Å². The van der Waals surface area contributed by atoms with E-state index in [1.807, 2.05) is 0 Å². The van der Waals surface area contributed by atoms with Gasteiger partial charge in [-0.3, -0.25) is 4.90 Å². The first kappa shape index (κ1) is 13.0. The van der Waals surface area contributed by atoms with Crippen molar-refractivity contribution in [2.24, 2.45) is 5.92 Å². The van der Waals surface area contributed by atoms with Crippen molar-refractivity contribution in [2.75, 3.05) is 19.6 Å². The maximum absolute atomic E-state index is 4.80. The van der Waals surface area contributed by atoms with Crippen molar-refractivity contribution in [3.05, 3.63) is 27.9 Å². The first-order valence-electron chi connectivity index (χ1n) is 7.31. The fourth-order valence-corrected chi connectivity index (χ4v) is 4.92. The molecule has 1 N–H and O–H groups in total. The summed E-state index contributed by atoms with van der Waals surface area (Å²) in [5, 5.41) is 11.3. The molecule has 2 atom stereocenters. The molecular formula is C15H19N3S2. The zero-order valence-corrected chi connectivity index (χ0v) is 13.1. The van der Waals surface area contributed by atoms with Gasteiger partial charge in [0, 0.05) is 42.0 Å². The van der Waals surface area contributed by atoms with E-state index in [-0.39, 0.29) is 0 Å². The van der Waals surface area contributed by atoms with Crippen molar-refractivity contribution in [3.63, 3.8) is 0 Å². The second-order valence-electron chi connectivity index (χ2n) is 5.81. The Morgan fingerprint density at radius 1 is 1.35 bits per heavy atom. The Labute approximate surface area is 127 Å². The SMILES string of the molecule is c1cc(-c2nc(CN3CC4CCCNC4C3)cs2)cs1. The van der Waals surface area contributed by atoms with Gasteiger partial charge in [-0.1, -0.05) is 0 Å². The van der Waals surface area contributed by atoms with Gasteiger partial charge in [0.1, 0.15) is 5.01 Å². The molecule has 20 heavy (non-hydrogen) atoms. The first-order valence-corrected chi connectivity index (χ1v) is 9.13. The molecule has 0 spiro atoms. The number of piperidine rings is 1. The quantitative estimate of drug-likeness (QED) is 0.944. The highest BCUT2D eigenvalue weighted by molar-refractivity contribution is 7.14. The Balaban J connectivity index is 1.42. The van der Waals surface area contributed by atoms with Gasteiger partial charge in [-0.05, 0) is 36.8 Å². The summed E-state index contributed by atoms with van der Waals surface area (Å²) in [5.41, 5.74) is 2.50. The van der Waals surface area contributed by atoms with Crippen molar-refractivity contribution < 1.29 is 0 Å². The summed E-state index contributed by atoms with van der Waals surface area (Å²) in [4.78, 5) is 7.37. The lowest BCUT2D eigenvalue weighted by atomic mass is 9.94. The standard InChI is InChI=1S/C15H19N3S2/c1-2-11-6-18(8-14(11)16-4-1)7-13-10-20-15(17-13)12-3-5-19-9-12/h3,5,9-11,14,16H,1-2,4,6-8H2. The predicted octanol–water partition coefficient (Wildman–Crippen LogP) is 3.06. The van der Waals surface area contributed by atoms with Crippen molar-refractivity contribution in [3.8, 4) is 10.6 Å². The first-order chi connectivity index (χ1) is 9.88. The summed E-state index contributed by atoms with van der Waals surface area (Å²) in [6.45, 7) is 4.64. The molecular weight excluding hydrogens is 286 g/mol. The number of fused-ring (bicyclic) bond motifs is 1. The summed E-state index contributed by atoms with van der Waals surface area (Å²) in [6, 6.07) is 2.88. The average Bonchev–Trinajstić information content (AvgIpc) is 3.18. The van der Waals surface area contributed by atoms with Crippen molar-refractivity contribution in [1.29, 1.82) is 0 Å². The summed E-state index contributed by atoms with van der Waals surface area (Å²) >= 11 is 3.51. The van der Waals surface area contributed by atoms with Gasteiger partial charge in [0.05, 0.1) is 5.69 Å². The van der Waals surface area contributed by atoms with Gasteiger partial charge in [-0.2, -0.15) is 11.3 Å². The van der Waals surface area contributed by atoms with Crippen LogP contribution in [0.25, 0.3) is 10.6 Å². The number of nitrogens with zero attached hydrogens (tertiary/aromatic N) is 2. The fourth-order valence-electron chi connectivity index (χ4n) is 3.39. The molecule has 2 aromatic heterocycles. The Bertz CT molecular complexity index is 549. The van der Waals surface area contributed by atoms with E-state index in [1.54, 1.807) is 22.7 Å². The molecule has 0 aromatic carbocycles. The summed E-state index contributed by atoms with van der Waals surface area (Å²) in [7, 11) is 0. The molecule has 4 heterocycles. The van der Waals surface area contributed by atoms with E-state index >= 15 is 0 Å². The number of hydrogen-bond acceptors (Lipinski definition) is 5. The second kappa shape index (κ2) is 5.56. The van der Waals surface area contributed by atoms with E-state index in [0.29, 0.717) is 0 Å². The van der Waals surface area contributed by atoms with Crippen LogP contribution in [0.1, 0.15) is 18.5 Å². The maximum atomic E-state index is 4.80. The van der Waals surface area contributed by atoms with Gasteiger partial charge < -0.3 is 5.32 Å². The highest BCUT2D eigenvalue weighted by atomic mass is 32.1. The van der Waals surface area contributed by atoms with Crippen LogP contribution in [0.5, 0.6) is 0 Å². The molecule has 2 unspecified atom stereocenters. The van der Waals surface area contributed by atoms with E-state index in [4.69, 9.17) is 4.98 Å². The third-order valence-corrected chi connectivity index (χ3v) is 6.00. The highest BCUT2D eigenvalue weighted by Gasteiger charge is 2.34. The van der Waals surface area contributed by atoms with Crippen molar-refractivity contribution in [2.45, 2.75) is 25.4 Å². The van der Waals surface area contributed by atoms with Gasteiger partial charge in [0.15, 0.2) is 0 Å². The zero-order valence-electron chi connectivity index (χ0n) is 11.4. The van der Waals surface area contributed by atoms with Crippen LogP contribution in [0.15, 0.2) is 22.2 Å². The van der Waals surface area contributed by atoms with Crippen LogP contribution in [-0.4, -0.2) is 35.6 Å². The van der Waals surface area contributed by atoms with Gasteiger partial charge in [0.25, 0.3) is 0 Å². The highest BCUT2D eigenvalue weighted by Crippen LogP contribution is 2.29. The molecule has 0 aliphatic carbocycles. The van der Waals surface area contributed by atoms with E-state index < -0.39 is 0 Å². The van der Waals surface area contributed by atoms with Crippen molar-refractivity contribution >= 4 is 22.7 Å². The molecule has 0 amide bonds. The lowest BCUT2D eigenvalue weighted by Crippen LogP contribution is -2.40. The number of rotatable bonds is 3. The van der Waals surface area contributed by atoms with Crippen LogP contribution in [0, 0.1) is 5.92 Å². The zero-order chi connectivity index (χ0) is 13.4. The van der Waals surface area contributed by atoms with Crippen LogP contribution in [0.3, 0.4) is 0 Å². The smallest absolute Gasteiger partial charge is 0.124 e. The average molecular weight is 305 g/mol. The predicted molar refractivity (Wildman–Crippen MR) is 85.2 cm³/mol. The molecule has 2 saturated heterocycles. The molecule has 2 aliphatic heterocycles. The molecule has 106 valence electrons. The lowest BCUT2D eigenvalue weighted by Gasteiger charge is -2.24. The van der Waals surface area contributed by atoms with E-state index in [2.05, 4.69) is 32.4 Å². The Morgan fingerprint density at radius 2 is 2.35 bits per heavy atom. The molecule has 0 radical (unpaired) electrons. The fraction of sp³-hybridized carbons (Fsp3) is 0.533. The lowest BCUT2D eigenvalue weighted by molar-refractivity contribution is 0.310. The van der Waals surface area contributed by atoms with Crippen LogP contribution in [0.2, 0.25) is 0 Å². The monoisotopic (exact) mass is 305 g/mol. The maximum Gasteiger partial charge on any atom is 0.124 e. The molecule has 5 heteroatoms. The minimum Gasteiger partial charge on any atom is -0.312 e. The molecule has 0 bridgehead atoms. The van der Waals surface area contributed by atoms with Gasteiger partial charge in [0.2, 0.25) is 0 Å². The Kier molecular flexibility index (Phi) is 3.60. The summed E-state index contributed by atoms with van der Waals surface area (Å²) < 4.78 is 0. The van der Waals surface area contributed by atoms with Crippen LogP contribution in [-0.2, 0) is 6.54 Å². The molecule has 2 fully saturated rings. The van der Waals surface area contributed by atoms with Crippen LogP contribution < -0.4 is 5.32 Å². The second-order valence-corrected chi connectivity index (χ2v) is 7.45. The molecule has 2 aliphatic rings. The largest absolute Gasteiger partial charge is 0.312 e. The number of thiazole rings is 1. The third kappa shape index (κ3) is 2.55. The molecule has 4 rings (SSSR count). The van der Waals surface area contributed by atoms with E-state index in [1.165, 1.54) is 43.7 Å². The minimum absolute atomic E-state index is 0.721. The third-order valence-electron chi connectivity index (χ3n) is 4.38. The number of thiophene rings is 1. The van der Waals surface area contributed by atoms with Crippen LogP contribution >= 0.6 is 22.7 Å². The number of likely N-dealkylation sites (tertiary alicyclic amines) is 1. The van der Waals surface area contributed by atoms with Gasteiger partial charge in [-0.25, -0.2) is 4.98 Å². The number of nitrogens with one attached hydrogen (secondary N) is 1. The molecule has 3 nitrogen and oxygen atoms in total. The molecule has 2 aromatic rings. The molecule has 0 saturated carbocycles. The van der Waals surface area contributed by atoms with Gasteiger partial charge >= 0.3 is 0 Å². The number of aromatic nitrogens is 1. The van der Waals surface area contributed by atoms with E-state index in [0.717, 1.165) is 23.5 Å². The summed E-state index contributed by atoms with van der Waals surface area (Å²) in [5.74, 6) is 0.860. The van der Waals surface area contributed by atoms with Crippen LogP contribution in [0.4, 0.5) is 0 Å². The minimum atomic E-state index is 0.721. The topological polar surface area (TPSA) is 28.2 Å². The normalized spacial score (nSPS) is 26.8. The van der Waals surface area contributed by atoms with E-state index in [9.17, 15) is 0 Å². The van der Waals surface area contributed by atoms with Gasteiger partial charge in [-0.15, -0.1) is 11.3 Å².